The van der Waals surface area contributed by atoms with Crippen LogP contribution in [0.25, 0.3) is 11.0 Å². The van der Waals surface area contributed by atoms with Gasteiger partial charge < -0.3 is 10.1 Å². The number of hydrogen-bond acceptors (Lipinski definition) is 2. The Morgan fingerprint density at radius 2 is 2.24 bits per heavy atom. The summed E-state index contributed by atoms with van der Waals surface area (Å²) in [6.45, 7) is 2.93. The number of carboxylic acids is 1. The van der Waals surface area contributed by atoms with E-state index in [2.05, 4.69) is 11.9 Å². The van der Waals surface area contributed by atoms with E-state index in [4.69, 9.17) is 5.11 Å². The van der Waals surface area contributed by atoms with Crippen molar-refractivity contribution in [3.05, 3.63) is 34.2 Å². The third-order valence-electron chi connectivity index (χ3n) is 4.51. The fourth-order valence-corrected chi connectivity index (χ4v) is 3.45. The average Bonchev–Trinajstić information content (AvgIpc) is 2.74. The summed E-state index contributed by atoms with van der Waals surface area (Å²) in [6.07, 6.45) is 4.76. The third kappa shape index (κ3) is 2.73. The summed E-state index contributed by atoms with van der Waals surface area (Å²) in [4.78, 5) is 26.0. The lowest BCUT2D eigenvalue weighted by molar-refractivity contribution is 0.0697. The number of rotatable bonds is 3. The van der Waals surface area contributed by atoms with Crippen molar-refractivity contribution in [3.63, 3.8) is 0 Å². The van der Waals surface area contributed by atoms with Crippen LogP contribution in [0.5, 0.6) is 0 Å². The van der Waals surface area contributed by atoms with Gasteiger partial charge in [0.25, 0.3) is 0 Å². The first-order valence-corrected chi connectivity index (χ1v) is 7.50. The molecule has 112 valence electrons. The predicted molar refractivity (Wildman–Crippen MR) is 80.6 cm³/mol. The van der Waals surface area contributed by atoms with Gasteiger partial charge in [-0.15, -0.1) is 0 Å². The molecule has 1 heterocycles. The molecule has 1 aliphatic carbocycles. The number of hydrogen-bond donors (Lipinski definition) is 2. The first-order valence-electron chi connectivity index (χ1n) is 7.50. The van der Waals surface area contributed by atoms with Crippen LogP contribution in [0.2, 0.25) is 0 Å². The highest BCUT2D eigenvalue weighted by Gasteiger charge is 2.21. The van der Waals surface area contributed by atoms with Crippen molar-refractivity contribution in [3.8, 4) is 0 Å². The second-order valence-corrected chi connectivity index (χ2v) is 6.22. The largest absolute Gasteiger partial charge is 0.478 e. The van der Waals surface area contributed by atoms with Crippen LogP contribution in [0, 0.1) is 11.8 Å². The van der Waals surface area contributed by atoms with Gasteiger partial charge in [-0.25, -0.2) is 9.59 Å². The van der Waals surface area contributed by atoms with Gasteiger partial charge in [-0.05, 0) is 42.9 Å². The van der Waals surface area contributed by atoms with Crippen LogP contribution in [-0.2, 0) is 6.54 Å². The molecule has 5 nitrogen and oxygen atoms in total. The number of fused-ring (bicyclic) bond motifs is 1. The van der Waals surface area contributed by atoms with E-state index in [0.29, 0.717) is 29.4 Å². The number of aromatic carboxylic acids is 1. The number of aromatic nitrogens is 2. The van der Waals surface area contributed by atoms with Gasteiger partial charge in [0.2, 0.25) is 0 Å². The van der Waals surface area contributed by atoms with Crippen LogP contribution in [0.3, 0.4) is 0 Å². The quantitative estimate of drug-likeness (QED) is 0.912. The number of imidazole rings is 1. The van der Waals surface area contributed by atoms with Crippen LogP contribution < -0.4 is 5.69 Å². The summed E-state index contributed by atoms with van der Waals surface area (Å²) in [7, 11) is 0. The summed E-state index contributed by atoms with van der Waals surface area (Å²) in [5, 5.41) is 9.10. The lowest BCUT2D eigenvalue weighted by Gasteiger charge is -2.26. The molecule has 1 saturated carbocycles. The lowest BCUT2D eigenvalue weighted by Crippen LogP contribution is -2.24. The van der Waals surface area contributed by atoms with Crippen LogP contribution >= 0.6 is 0 Å². The molecule has 1 aromatic heterocycles. The van der Waals surface area contributed by atoms with E-state index >= 15 is 0 Å². The second-order valence-electron chi connectivity index (χ2n) is 6.22. The molecule has 2 aromatic rings. The van der Waals surface area contributed by atoms with E-state index in [1.807, 2.05) is 0 Å². The molecule has 0 aliphatic heterocycles. The molecule has 0 bridgehead atoms. The molecule has 3 rings (SSSR count). The predicted octanol–water partition coefficient (Wildman–Crippen LogP) is 2.85. The number of nitrogens with one attached hydrogen (secondary N) is 1. The molecule has 0 radical (unpaired) electrons. The number of H-pyrrole nitrogens is 1. The Morgan fingerprint density at radius 1 is 1.43 bits per heavy atom. The first kappa shape index (κ1) is 13.9. The van der Waals surface area contributed by atoms with E-state index in [1.165, 1.54) is 18.9 Å². The molecule has 0 spiro atoms. The highest BCUT2D eigenvalue weighted by atomic mass is 16.4. The molecular weight excluding hydrogens is 268 g/mol. The van der Waals surface area contributed by atoms with Crippen molar-refractivity contribution < 1.29 is 9.90 Å². The smallest absolute Gasteiger partial charge is 0.335 e. The highest BCUT2D eigenvalue weighted by molar-refractivity contribution is 5.92. The Morgan fingerprint density at radius 3 is 2.95 bits per heavy atom. The Bertz CT molecular complexity index is 729. The Hall–Kier alpha value is -2.04. The summed E-state index contributed by atoms with van der Waals surface area (Å²) in [6, 6.07) is 4.77. The molecular formula is C16H20N2O3. The van der Waals surface area contributed by atoms with Crippen LogP contribution in [0.1, 0.15) is 43.0 Å². The van der Waals surface area contributed by atoms with Crippen molar-refractivity contribution in [2.45, 2.75) is 39.2 Å². The summed E-state index contributed by atoms with van der Waals surface area (Å²) < 4.78 is 1.70. The van der Waals surface area contributed by atoms with Crippen LogP contribution in [-0.4, -0.2) is 20.6 Å². The van der Waals surface area contributed by atoms with Gasteiger partial charge in [0.05, 0.1) is 16.6 Å². The normalized spacial score (nSPS) is 22.5. The minimum atomic E-state index is -0.969. The fourth-order valence-electron chi connectivity index (χ4n) is 3.45. The minimum Gasteiger partial charge on any atom is -0.478 e. The van der Waals surface area contributed by atoms with E-state index in [1.54, 1.807) is 16.7 Å². The Labute approximate surface area is 122 Å². The van der Waals surface area contributed by atoms with E-state index < -0.39 is 5.97 Å². The van der Waals surface area contributed by atoms with Crippen molar-refractivity contribution in [1.29, 1.82) is 0 Å². The first-order chi connectivity index (χ1) is 10.0. The van der Waals surface area contributed by atoms with Gasteiger partial charge >= 0.3 is 11.7 Å². The van der Waals surface area contributed by atoms with Gasteiger partial charge in [-0.2, -0.15) is 0 Å². The monoisotopic (exact) mass is 288 g/mol. The summed E-state index contributed by atoms with van der Waals surface area (Å²) in [5.41, 5.74) is 1.46. The maximum atomic E-state index is 12.1. The maximum Gasteiger partial charge on any atom is 0.335 e. The molecule has 1 fully saturated rings. The lowest BCUT2D eigenvalue weighted by atomic mass is 9.82. The number of aromatic amines is 1. The fraction of sp³-hybridized carbons (Fsp3) is 0.500. The van der Waals surface area contributed by atoms with E-state index in [9.17, 15) is 9.59 Å². The van der Waals surface area contributed by atoms with Crippen molar-refractivity contribution in [2.75, 3.05) is 0 Å². The standard InChI is InChI=1S/C16H20N2O3/c1-10-3-2-4-11(7-10)9-18-14-8-12(15(19)20)5-6-13(14)17-16(18)21/h5-6,8,10-11H,2-4,7,9H2,1H3,(H,17,21)(H,19,20). The molecule has 2 unspecified atom stereocenters. The molecule has 1 aromatic carbocycles. The summed E-state index contributed by atoms with van der Waals surface area (Å²) >= 11 is 0. The SMILES string of the molecule is CC1CCCC(Cn2c(=O)[nH]c3ccc(C(=O)O)cc32)C1. The minimum absolute atomic E-state index is 0.147. The third-order valence-corrected chi connectivity index (χ3v) is 4.51. The van der Waals surface area contributed by atoms with Gasteiger partial charge in [0.1, 0.15) is 0 Å². The zero-order chi connectivity index (χ0) is 15.0. The van der Waals surface area contributed by atoms with Crippen molar-refractivity contribution in [1.82, 2.24) is 9.55 Å². The zero-order valence-electron chi connectivity index (χ0n) is 12.1. The number of benzene rings is 1. The Kier molecular flexibility index (Phi) is 3.57. The summed E-state index contributed by atoms with van der Waals surface area (Å²) in [5.74, 6) is 0.238. The van der Waals surface area contributed by atoms with Gasteiger partial charge in [-0.1, -0.05) is 19.8 Å². The molecule has 5 heteroatoms. The second kappa shape index (κ2) is 5.39. The average molecular weight is 288 g/mol. The molecule has 2 atom stereocenters. The van der Waals surface area contributed by atoms with E-state index in [0.717, 1.165) is 12.8 Å². The number of carboxylic acid groups (broad SMARTS) is 1. The van der Waals surface area contributed by atoms with Gasteiger partial charge in [0.15, 0.2) is 0 Å². The van der Waals surface area contributed by atoms with E-state index in [-0.39, 0.29) is 11.3 Å². The van der Waals surface area contributed by atoms with Gasteiger partial charge in [0, 0.05) is 6.54 Å². The number of carbonyl (C=O) groups is 1. The van der Waals surface area contributed by atoms with Gasteiger partial charge in [-0.3, -0.25) is 4.57 Å². The molecule has 21 heavy (non-hydrogen) atoms. The van der Waals surface area contributed by atoms with Crippen molar-refractivity contribution in [2.24, 2.45) is 11.8 Å². The topological polar surface area (TPSA) is 75.1 Å². The molecule has 2 N–H and O–H groups in total. The molecule has 0 saturated heterocycles. The van der Waals surface area contributed by atoms with Crippen LogP contribution in [0.15, 0.2) is 23.0 Å². The highest BCUT2D eigenvalue weighted by Crippen LogP contribution is 2.30. The zero-order valence-corrected chi connectivity index (χ0v) is 12.1. The van der Waals surface area contributed by atoms with Crippen LogP contribution in [0.4, 0.5) is 0 Å². The number of nitrogens with zero attached hydrogens (tertiary/aromatic N) is 1. The molecule has 0 amide bonds. The molecule has 1 aliphatic rings. The Balaban J connectivity index is 1.96. The van der Waals surface area contributed by atoms with Crippen molar-refractivity contribution >= 4 is 17.0 Å². The maximum absolute atomic E-state index is 12.1.